The van der Waals surface area contributed by atoms with Gasteiger partial charge in [0.05, 0.1) is 17.7 Å². The van der Waals surface area contributed by atoms with Crippen LogP contribution in [0.5, 0.6) is 0 Å². The lowest BCUT2D eigenvalue weighted by molar-refractivity contribution is 0.122. The number of aromatic amines is 1. The van der Waals surface area contributed by atoms with Crippen LogP contribution in [0.4, 0.5) is 0 Å². The average Bonchev–Trinajstić information content (AvgIpc) is 2.98. The van der Waals surface area contributed by atoms with E-state index in [0.29, 0.717) is 6.42 Å². The molecule has 0 aromatic carbocycles. The van der Waals surface area contributed by atoms with E-state index in [1.165, 1.54) is 10.8 Å². The highest BCUT2D eigenvalue weighted by Crippen LogP contribution is 2.54. The zero-order valence-corrected chi connectivity index (χ0v) is 9.90. The minimum absolute atomic E-state index is 0.183. The summed E-state index contributed by atoms with van der Waals surface area (Å²) in [5.74, 6) is 0. The molecular weight excluding hydrogens is 280 g/mol. The van der Waals surface area contributed by atoms with E-state index in [4.69, 9.17) is 10.2 Å². The minimum Gasteiger partial charge on any atom is -0.396 e. The number of aromatic nitrogens is 2. The van der Waals surface area contributed by atoms with Crippen LogP contribution in [0.15, 0.2) is 20.3 Å². The third-order valence-corrected chi connectivity index (χ3v) is 3.60. The van der Waals surface area contributed by atoms with Crippen LogP contribution in [0.25, 0.3) is 0 Å². The first-order chi connectivity index (χ1) is 7.54. The van der Waals surface area contributed by atoms with E-state index in [9.17, 15) is 9.59 Å². The van der Waals surface area contributed by atoms with Gasteiger partial charge < -0.3 is 10.2 Å². The molecule has 1 aliphatic rings. The topological polar surface area (TPSA) is 95.3 Å². The molecule has 6 nitrogen and oxygen atoms in total. The second-order valence-corrected chi connectivity index (χ2v) is 4.90. The normalized spacial score (nSPS) is 22.1. The van der Waals surface area contributed by atoms with Crippen molar-refractivity contribution in [2.75, 3.05) is 13.2 Å². The summed E-state index contributed by atoms with van der Waals surface area (Å²) >= 11 is 3.03. The molecular formula is C9H11BrN2O4. The lowest BCUT2D eigenvalue weighted by atomic mass is 10.1. The highest BCUT2D eigenvalue weighted by Gasteiger charge is 2.55. The van der Waals surface area contributed by atoms with E-state index < -0.39 is 16.7 Å². The SMILES string of the molecule is O=c1[nH]c(=O)n(C2CC2(CO)CO)cc1Br. The highest BCUT2D eigenvalue weighted by molar-refractivity contribution is 9.10. The molecule has 1 aromatic rings. The number of halogens is 1. The maximum Gasteiger partial charge on any atom is 0.328 e. The Morgan fingerprint density at radius 2 is 2.12 bits per heavy atom. The van der Waals surface area contributed by atoms with Gasteiger partial charge in [0.1, 0.15) is 0 Å². The van der Waals surface area contributed by atoms with E-state index in [2.05, 4.69) is 20.9 Å². The molecule has 88 valence electrons. The van der Waals surface area contributed by atoms with E-state index in [-0.39, 0.29) is 23.7 Å². The lowest BCUT2D eigenvalue weighted by Crippen LogP contribution is -2.31. The quantitative estimate of drug-likeness (QED) is 0.680. The van der Waals surface area contributed by atoms with Gasteiger partial charge in [-0.15, -0.1) is 0 Å². The summed E-state index contributed by atoms with van der Waals surface area (Å²) in [6, 6.07) is -0.261. The molecule has 0 amide bonds. The molecule has 1 heterocycles. The molecule has 0 spiro atoms. The van der Waals surface area contributed by atoms with Gasteiger partial charge in [0.15, 0.2) is 0 Å². The van der Waals surface area contributed by atoms with Gasteiger partial charge in [-0.25, -0.2) is 4.79 Å². The number of hydrogen-bond acceptors (Lipinski definition) is 4. The zero-order valence-electron chi connectivity index (χ0n) is 8.31. The van der Waals surface area contributed by atoms with Gasteiger partial charge in [0.25, 0.3) is 5.56 Å². The maximum atomic E-state index is 11.5. The van der Waals surface area contributed by atoms with Gasteiger partial charge in [-0.05, 0) is 22.4 Å². The molecule has 1 aliphatic carbocycles. The Labute approximate surface area is 98.7 Å². The smallest absolute Gasteiger partial charge is 0.328 e. The van der Waals surface area contributed by atoms with Gasteiger partial charge in [-0.3, -0.25) is 14.3 Å². The summed E-state index contributed by atoms with van der Waals surface area (Å²) in [7, 11) is 0. The van der Waals surface area contributed by atoms with Crippen LogP contribution in [0.1, 0.15) is 12.5 Å². The monoisotopic (exact) mass is 290 g/mol. The van der Waals surface area contributed by atoms with Crippen LogP contribution >= 0.6 is 15.9 Å². The van der Waals surface area contributed by atoms with Crippen molar-refractivity contribution in [1.82, 2.24) is 9.55 Å². The molecule has 0 bridgehead atoms. The third kappa shape index (κ3) is 1.64. The maximum absolute atomic E-state index is 11.5. The van der Waals surface area contributed by atoms with E-state index in [0.717, 1.165) is 0 Å². The number of nitrogens with one attached hydrogen (secondary N) is 1. The van der Waals surface area contributed by atoms with Crippen LogP contribution in [0.3, 0.4) is 0 Å². The molecule has 1 aromatic heterocycles. The molecule has 16 heavy (non-hydrogen) atoms. The number of rotatable bonds is 3. The Hall–Kier alpha value is -0.920. The zero-order chi connectivity index (χ0) is 11.9. The van der Waals surface area contributed by atoms with Crippen molar-refractivity contribution in [1.29, 1.82) is 0 Å². The van der Waals surface area contributed by atoms with Crippen molar-refractivity contribution in [2.24, 2.45) is 5.41 Å². The van der Waals surface area contributed by atoms with Crippen molar-refractivity contribution >= 4 is 15.9 Å². The predicted molar refractivity (Wildman–Crippen MR) is 59.3 cm³/mol. The van der Waals surface area contributed by atoms with Crippen LogP contribution in [0.2, 0.25) is 0 Å². The molecule has 2 rings (SSSR count). The van der Waals surface area contributed by atoms with E-state index >= 15 is 0 Å². The van der Waals surface area contributed by atoms with Gasteiger partial charge in [-0.1, -0.05) is 0 Å². The van der Waals surface area contributed by atoms with Crippen molar-refractivity contribution in [2.45, 2.75) is 12.5 Å². The molecule has 0 saturated heterocycles. The fraction of sp³-hybridized carbons (Fsp3) is 0.556. The number of H-pyrrole nitrogens is 1. The van der Waals surface area contributed by atoms with Crippen molar-refractivity contribution in [3.05, 3.63) is 31.5 Å². The average molecular weight is 291 g/mol. The summed E-state index contributed by atoms with van der Waals surface area (Å²) < 4.78 is 1.58. The lowest BCUT2D eigenvalue weighted by Gasteiger charge is -2.11. The fourth-order valence-corrected chi connectivity index (χ4v) is 2.12. The second-order valence-electron chi connectivity index (χ2n) is 4.04. The Bertz CT molecular complexity index is 517. The molecule has 1 unspecified atom stereocenters. The molecule has 1 fully saturated rings. The van der Waals surface area contributed by atoms with Crippen LogP contribution in [-0.4, -0.2) is 33.0 Å². The third-order valence-electron chi connectivity index (χ3n) is 3.04. The van der Waals surface area contributed by atoms with Crippen LogP contribution in [0, 0.1) is 5.41 Å². The van der Waals surface area contributed by atoms with Crippen LogP contribution < -0.4 is 11.2 Å². The largest absolute Gasteiger partial charge is 0.396 e. The predicted octanol–water partition coefficient (Wildman–Crippen LogP) is -0.785. The number of nitrogens with zero attached hydrogens (tertiary/aromatic N) is 1. The summed E-state index contributed by atoms with van der Waals surface area (Å²) in [4.78, 5) is 24.8. The molecule has 0 aliphatic heterocycles. The summed E-state index contributed by atoms with van der Waals surface area (Å²) in [5, 5.41) is 18.3. The van der Waals surface area contributed by atoms with E-state index in [1.807, 2.05) is 0 Å². The molecule has 7 heteroatoms. The molecule has 3 N–H and O–H groups in total. The Morgan fingerprint density at radius 1 is 1.50 bits per heavy atom. The highest BCUT2D eigenvalue weighted by atomic mass is 79.9. The van der Waals surface area contributed by atoms with Gasteiger partial charge in [0, 0.05) is 17.7 Å². The first-order valence-corrected chi connectivity index (χ1v) is 5.56. The summed E-state index contributed by atoms with van der Waals surface area (Å²) in [6.45, 7) is -0.366. The standard InChI is InChI=1S/C9H11BrN2O4/c10-5-2-12(8(16)11-7(5)15)6-1-9(6,3-13)4-14/h2,6,13-14H,1,3-4H2,(H,11,15,16). The number of aliphatic hydroxyl groups excluding tert-OH is 2. The first-order valence-electron chi connectivity index (χ1n) is 4.77. The molecule has 1 saturated carbocycles. The van der Waals surface area contributed by atoms with Crippen LogP contribution in [-0.2, 0) is 0 Å². The minimum atomic E-state index is -0.637. The molecule has 0 radical (unpaired) electrons. The second kappa shape index (κ2) is 3.83. The van der Waals surface area contributed by atoms with Gasteiger partial charge in [-0.2, -0.15) is 0 Å². The first kappa shape index (κ1) is 11.6. The van der Waals surface area contributed by atoms with Gasteiger partial charge >= 0.3 is 5.69 Å². The summed E-state index contributed by atoms with van der Waals surface area (Å²) in [5.41, 5.74) is -1.65. The number of hydrogen-bond donors (Lipinski definition) is 3. The van der Waals surface area contributed by atoms with Gasteiger partial charge in [0.2, 0.25) is 0 Å². The number of aliphatic hydroxyl groups is 2. The van der Waals surface area contributed by atoms with Crippen molar-refractivity contribution in [3.63, 3.8) is 0 Å². The van der Waals surface area contributed by atoms with E-state index in [1.54, 1.807) is 0 Å². The Morgan fingerprint density at radius 3 is 2.62 bits per heavy atom. The van der Waals surface area contributed by atoms with Crippen molar-refractivity contribution in [3.8, 4) is 0 Å². The molecule has 1 atom stereocenters. The summed E-state index contributed by atoms with van der Waals surface area (Å²) in [6.07, 6.45) is 1.91. The Kier molecular flexibility index (Phi) is 2.77. The Balaban J connectivity index is 2.41. The fourth-order valence-electron chi connectivity index (χ4n) is 1.80. The van der Waals surface area contributed by atoms with Crippen molar-refractivity contribution < 1.29 is 10.2 Å².